The zero-order valence-corrected chi connectivity index (χ0v) is 18.4. The summed E-state index contributed by atoms with van der Waals surface area (Å²) in [5.41, 5.74) is -0.964. The standard InChI is InChI=1S/C23H32F3N3O2/c1-4-6-17-14-28(15(2)3)11-10-20(17)29-12-9-19(22(29)31)27-21(30)16-7-5-8-18(13-16)23(24,25)26/h5,7-8,13,15,17,19-20H,4,6,9-12,14H2,1-3H3,(H,27,30)/t17-,19+,20+/m1/s1. The minimum absolute atomic E-state index is 0.0878. The fourth-order valence-corrected chi connectivity index (χ4v) is 4.83. The molecule has 0 saturated carbocycles. The van der Waals surface area contributed by atoms with Gasteiger partial charge in [-0.15, -0.1) is 0 Å². The van der Waals surface area contributed by atoms with Gasteiger partial charge in [-0.3, -0.25) is 9.59 Å². The molecule has 3 atom stereocenters. The Labute approximate surface area is 182 Å². The van der Waals surface area contributed by atoms with Gasteiger partial charge in [-0.05, 0) is 57.2 Å². The van der Waals surface area contributed by atoms with Crippen LogP contribution < -0.4 is 5.32 Å². The normalized spacial score (nSPS) is 25.3. The van der Waals surface area contributed by atoms with Gasteiger partial charge < -0.3 is 15.1 Å². The van der Waals surface area contributed by atoms with Crippen molar-refractivity contribution in [2.24, 2.45) is 5.92 Å². The fourth-order valence-electron chi connectivity index (χ4n) is 4.83. The monoisotopic (exact) mass is 439 g/mol. The van der Waals surface area contributed by atoms with Gasteiger partial charge in [0.1, 0.15) is 6.04 Å². The minimum Gasteiger partial charge on any atom is -0.340 e. The highest BCUT2D eigenvalue weighted by molar-refractivity contribution is 5.98. The van der Waals surface area contributed by atoms with Crippen LogP contribution in [0.3, 0.4) is 0 Å². The zero-order chi connectivity index (χ0) is 22.8. The summed E-state index contributed by atoms with van der Waals surface area (Å²) < 4.78 is 38.8. The van der Waals surface area contributed by atoms with Crippen molar-refractivity contribution in [3.63, 3.8) is 0 Å². The summed E-state index contributed by atoms with van der Waals surface area (Å²) in [4.78, 5) is 30.0. The first-order valence-corrected chi connectivity index (χ1v) is 11.1. The van der Waals surface area contributed by atoms with Crippen molar-refractivity contribution in [2.45, 2.75) is 70.8 Å². The number of hydrogen-bond donors (Lipinski definition) is 1. The second-order valence-corrected chi connectivity index (χ2v) is 8.92. The lowest BCUT2D eigenvalue weighted by atomic mass is 9.86. The smallest absolute Gasteiger partial charge is 0.340 e. The van der Waals surface area contributed by atoms with Gasteiger partial charge in [-0.25, -0.2) is 0 Å². The Morgan fingerprint density at radius 3 is 2.61 bits per heavy atom. The molecule has 0 aliphatic carbocycles. The van der Waals surface area contributed by atoms with E-state index in [0.717, 1.165) is 44.5 Å². The van der Waals surface area contributed by atoms with Crippen LogP contribution in [0.1, 0.15) is 62.4 Å². The van der Waals surface area contributed by atoms with Crippen LogP contribution in [0.4, 0.5) is 13.2 Å². The van der Waals surface area contributed by atoms with E-state index in [1.165, 1.54) is 12.1 Å². The summed E-state index contributed by atoms with van der Waals surface area (Å²) >= 11 is 0. The summed E-state index contributed by atoms with van der Waals surface area (Å²) in [5, 5.41) is 2.66. The quantitative estimate of drug-likeness (QED) is 0.731. The maximum Gasteiger partial charge on any atom is 0.416 e. The van der Waals surface area contributed by atoms with Crippen molar-refractivity contribution in [3.05, 3.63) is 35.4 Å². The minimum atomic E-state index is -4.52. The second-order valence-electron chi connectivity index (χ2n) is 8.92. The molecule has 5 nitrogen and oxygen atoms in total. The van der Waals surface area contributed by atoms with Crippen molar-refractivity contribution in [1.29, 1.82) is 0 Å². The number of alkyl halides is 3. The number of likely N-dealkylation sites (tertiary alicyclic amines) is 2. The summed E-state index contributed by atoms with van der Waals surface area (Å²) in [5.74, 6) is -0.376. The Hall–Kier alpha value is -2.09. The van der Waals surface area contributed by atoms with E-state index in [1.54, 1.807) is 0 Å². The maximum absolute atomic E-state index is 13.1. The van der Waals surface area contributed by atoms with Crippen LogP contribution in [-0.4, -0.2) is 59.4 Å². The van der Waals surface area contributed by atoms with E-state index in [-0.39, 0.29) is 17.5 Å². The molecule has 2 heterocycles. The lowest BCUT2D eigenvalue weighted by molar-refractivity contribution is -0.137. The van der Waals surface area contributed by atoms with Crippen LogP contribution in [0.2, 0.25) is 0 Å². The zero-order valence-electron chi connectivity index (χ0n) is 18.4. The molecule has 2 saturated heterocycles. The van der Waals surface area contributed by atoms with Crippen LogP contribution in [0.25, 0.3) is 0 Å². The second kappa shape index (κ2) is 9.59. The van der Waals surface area contributed by atoms with Crippen LogP contribution >= 0.6 is 0 Å². The number of nitrogens with one attached hydrogen (secondary N) is 1. The first-order valence-electron chi connectivity index (χ1n) is 11.1. The molecule has 8 heteroatoms. The Morgan fingerprint density at radius 1 is 1.23 bits per heavy atom. The van der Waals surface area contributed by atoms with Crippen LogP contribution in [-0.2, 0) is 11.0 Å². The van der Waals surface area contributed by atoms with Gasteiger partial charge in [0.15, 0.2) is 0 Å². The van der Waals surface area contributed by atoms with Crippen molar-refractivity contribution in [3.8, 4) is 0 Å². The molecule has 2 aliphatic rings. The van der Waals surface area contributed by atoms with Gasteiger partial charge in [0.2, 0.25) is 5.91 Å². The predicted molar refractivity (Wildman–Crippen MR) is 113 cm³/mol. The SMILES string of the molecule is CCC[C@@H]1CN(C(C)C)CC[C@@H]1N1CC[C@H](NC(=O)c2cccc(C(F)(F)F)c2)C1=O. The van der Waals surface area contributed by atoms with Crippen molar-refractivity contribution < 1.29 is 22.8 Å². The molecule has 172 valence electrons. The molecule has 0 radical (unpaired) electrons. The summed E-state index contributed by atoms with van der Waals surface area (Å²) in [6.07, 6.45) is -1.05. The fraction of sp³-hybridized carbons (Fsp3) is 0.652. The van der Waals surface area contributed by atoms with E-state index in [4.69, 9.17) is 0 Å². The summed E-state index contributed by atoms with van der Waals surface area (Å²) in [6.45, 7) is 8.98. The number of halogens is 3. The number of hydrogen-bond acceptors (Lipinski definition) is 3. The van der Waals surface area contributed by atoms with Crippen molar-refractivity contribution in [2.75, 3.05) is 19.6 Å². The molecule has 1 N–H and O–H groups in total. The predicted octanol–water partition coefficient (Wildman–Crippen LogP) is 3.94. The molecule has 1 aromatic carbocycles. The van der Waals surface area contributed by atoms with E-state index in [1.807, 2.05) is 4.90 Å². The number of piperidine rings is 1. The van der Waals surface area contributed by atoms with Crippen molar-refractivity contribution in [1.82, 2.24) is 15.1 Å². The molecule has 31 heavy (non-hydrogen) atoms. The number of amides is 2. The largest absolute Gasteiger partial charge is 0.416 e. The Morgan fingerprint density at radius 2 is 1.97 bits per heavy atom. The molecule has 0 bridgehead atoms. The summed E-state index contributed by atoms with van der Waals surface area (Å²) in [7, 11) is 0. The molecule has 0 unspecified atom stereocenters. The lowest BCUT2D eigenvalue weighted by Crippen LogP contribution is -2.54. The van der Waals surface area contributed by atoms with Gasteiger partial charge in [0, 0.05) is 37.3 Å². The molecule has 0 spiro atoms. The number of carbonyl (C=O) groups is 2. The van der Waals surface area contributed by atoms with Crippen LogP contribution in [0, 0.1) is 5.92 Å². The molecule has 2 amide bonds. The van der Waals surface area contributed by atoms with E-state index in [2.05, 4.69) is 31.0 Å². The molecule has 3 rings (SSSR count). The van der Waals surface area contributed by atoms with Crippen molar-refractivity contribution >= 4 is 11.8 Å². The highest BCUT2D eigenvalue weighted by Crippen LogP contribution is 2.31. The molecular formula is C23H32F3N3O2. The van der Waals surface area contributed by atoms with E-state index < -0.39 is 23.7 Å². The third-order valence-corrected chi connectivity index (χ3v) is 6.51. The molecule has 2 aliphatic heterocycles. The number of carbonyl (C=O) groups excluding carboxylic acids is 2. The number of rotatable bonds is 6. The Kier molecular flexibility index (Phi) is 7.29. The van der Waals surface area contributed by atoms with E-state index in [9.17, 15) is 22.8 Å². The third kappa shape index (κ3) is 5.40. The van der Waals surface area contributed by atoms with Gasteiger partial charge in [-0.1, -0.05) is 19.4 Å². The molecule has 0 aromatic heterocycles. The maximum atomic E-state index is 13.1. The highest BCUT2D eigenvalue weighted by Gasteiger charge is 2.42. The third-order valence-electron chi connectivity index (χ3n) is 6.51. The van der Waals surface area contributed by atoms with E-state index >= 15 is 0 Å². The Balaban J connectivity index is 1.66. The van der Waals surface area contributed by atoms with E-state index in [0.29, 0.717) is 24.9 Å². The van der Waals surface area contributed by atoms with Gasteiger partial charge in [-0.2, -0.15) is 13.2 Å². The molecule has 2 fully saturated rings. The first-order chi connectivity index (χ1) is 14.6. The van der Waals surface area contributed by atoms with Crippen LogP contribution in [0.5, 0.6) is 0 Å². The Bertz CT molecular complexity index is 797. The van der Waals surface area contributed by atoms with Gasteiger partial charge in [0.05, 0.1) is 5.56 Å². The summed E-state index contributed by atoms with van der Waals surface area (Å²) in [6, 6.07) is 4.22. The van der Waals surface area contributed by atoms with Gasteiger partial charge >= 0.3 is 6.18 Å². The average Bonchev–Trinajstić information content (AvgIpc) is 3.07. The topological polar surface area (TPSA) is 52.6 Å². The average molecular weight is 440 g/mol. The van der Waals surface area contributed by atoms with Gasteiger partial charge in [0.25, 0.3) is 5.91 Å². The number of nitrogens with zero attached hydrogens (tertiary/aromatic N) is 2. The molecule has 1 aromatic rings. The first kappa shape index (κ1) is 23.6. The number of benzene rings is 1. The lowest BCUT2D eigenvalue weighted by Gasteiger charge is -2.44. The highest BCUT2D eigenvalue weighted by atomic mass is 19.4. The van der Waals surface area contributed by atoms with Crippen LogP contribution in [0.15, 0.2) is 24.3 Å². The molecular weight excluding hydrogens is 407 g/mol.